The van der Waals surface area contributed by atoms with Gasteiger partial charge in [-0.05, 0) is 24.5 Å². The molecule has 1 N–H and O–H groups in total. The molecule has 9 heteroatoms. The zero-order valence-electron chi connectivity index (χ0n) is 17.7. The molecule has 4 rings (SSSR count). The molecule has 32 heavy (non-hydrogen) atoms. The number of likely N-dealkylation sites (tertiary alicyclic amines) is 1. The van der Waals surface area contributed by atoms with Gasteiger partial charge in [-0.2, -0.15) is 5.10 Å². The monoisotopic (exact) mass is 472 g/mol. The Morgan fingerprint density at radius 1 is 1.09 bits per heavy atom. The molecule has 1 aliphatic heterocycles. The second-order valence-electron chi connectivity index (χ2n) is 8.00. The van der Waals surface area contributed by atoms with Crippen LogP contribution in [-0.2, 0) is 16.6 Å². The molecule has 7 nitrogen and oxygen atoms in total. The number of nitrogens with zero attached hydrogens (tertiary/aromatic N) is 3. The Bertz CT molecular complexity index is 1200. The molecular formula is C23H25ClN4O3S. The molecule has 2 heterocycles. The Balaban J connectivity index is 1.59. The number of rotatable bonds is 6. The first-order chi connectivity index (χ1) is 15.3. The first kappa shape index (κ1) is 22.5. The van der Waals surface area contributed by atoms with Crippen molar-refractivity contribution in [3.8, 4) is 11.3 Å². The number of hydrogen-bond acceptors (Lipinski definition) is 4. The minimum absolute atomic E-state index is 0.105. The van der Waals surface area contributed by atoms with Crippen LogP contribution in [-0.4, -0.2) is 54.4 Å². The molecule has 1 aliphatic rings. The van der Waals surface area contributed by atoms with E-state index in [4.69, 9.17) is 16.7 Å². The number of carbonyl (C=O) groups excluding carboxylic acids is 1. The highest BCUT2D eigenvalue weighted by molar-refractivity contribution is 7.88. The summed E-state index contributed by atoms with van der Waals surface area (Å²) in [4.78, 5) is 15.2. The van der Waals surface area contributed by atoms with Gasteiger partial charge in [-0.1, -0.05) is 60.1 Å². The second kappa shape index (κ2) is 9.44. The van der Waals surface area contributed by atoms with Gasteiger partial charge in [-0.3, -0.25) is 9.48 Å². The average Bonchev–Trinajstić information content (AvgIpc) is 3.19. The number of amides is 1. The van der Waals surface area contributed by atoms with E-state index in [2.05, 4.69) is 4.72 Å². The van der Waals surface area contributed by atoms with Crippen LogP contribution in [0.2, 0.25) is 5.02 Å². The summed E-state index contributed by atoms with van der Waals surface area (Å²) in [5.41, 5.74) is 2.93. The number of aromatic nitrogens is 2. The van der Waals surface area contributed by atoms with Gasteiger partial charge in [0, 0.05) is 35.9 Å². The summed E-state index contributed by atoms with van der Waals surface area (Å²) in [5.74, 6) is -0.105. The topological polar surface area (TPSA) is 84.3 Å². The molecule has 1 saturated heterocycles. The number of carbonyl (C=O) groups is 1. The summed E-state index contributed by atoms with van der Waals surface area (Å²) in [6.07, 6.45) is 4.08. The molecule has 3 aromatic rings. The maximum atomic E-state index is 13.4. The largest absolute Gasteiger partial charge is 0.338 e. The first-order valence-corrected chi connectivity index (χ1v) is 12.7. The predicted octanol–water partition coefficient (Wildman–Crippen LogP) is 3.41. The molecule has 1 amide bonds. The molecule has 0 spiro atoms. The lowest BCUT2D eigenvalue weighted by Crippen LogP contribution is -2.46. The number of sulfonamides is 1. The fraction of sp³-hybridized carbons (Fsp3) is 0.304. The van der Waals surface area contributed by atoms with Gasteiger partial charge in [0.15, 0.2) is 0 Å². The highest BCUT2D eigenvalue weighted by atomic mass is 35.5. The van der Waals surface area contributed by atoms with Crippen LogP contribution >= 0.6 is 11.6 Å². The Kier molecular flexibility index (Phi) is 6.64. The molecule has 0 atom stereocenters. The van der Waals surface area contributed by atoms with E-state index in [0.29, 0.717) is 48.8 Å². The quantitative estimate of drug-likeness (QED) is 0.595. The molecule has 0 unspecified atom stereocenters. The fourth-order valence-electron chi connectivity index (χ4n) is 3.94. The van der Waals surface area contributed by atoms with Gasteiger partial charge in [-0.25, -0.2) is 13.1 Å². The standard InChI is InChI=1S/C23H25ClN4O3S/c1-32(30,31)26-19-11-13-27(14-12-19)23(29)20-16-28(15-18-9-5-6-10-21(18)24)25-22(20)17-7-3-2-4-8-17/h2-10,16,19,26H,11-15H2,1H3. The Morgan fingerprint density at radius 2 is 1.75 bits per heavy atom. The summed E-state index contributed by atoms with van der Waals surface area (Å²) >= 11 is 6.32. The summed E-state index contributed by atoms with van der Waals surface area (Å²) in [5, 5.41) is 5.37. The number of benzene rings is 2. The van der Waals surface area contributed by atoms with Gasteiger partial charge in [0.1, 0.15) is 5.69 Å². The lowest BCUT2D eigenvalue weighted by atomic mass is 10.0. The van der Waals surface area contributed by atoms with Gasteiger partial charge in [-0.15, -0.1) is 0 Å². The third kappa shape index (κ3) is 5.38. The van der Waals surface area contributed by atoms with E-state index < -0.39 is 10.0 Å². The Morgan fingerprint density at radius 3 is 2.41 bits per heavy atom. The van der Waals surface area contributed by atoms with Crippen molar-refractivity contribution in [3.63, 3.8) is 0 Å². The van der Waals surface area contributed by atoms with Gasteiger partial charge >= 0.3 is 0 Å². The average molecular weight is 473 g/mol. The molecule has 0 bridgehead atoms. The van der Waals surface area contributed by atoms with Gasteiger partial charge in [0.25, 0.3) is 5.91 Å². The molecule has 1 aromatic heterocycles. The van der Waals surface area contributed by atoms with E-state index >= 15 is 0 Å². The van der Waals surface area contributed by atoms with Crippen molar-refractivity contribution in [1.29, 1.82) is 0 Å². The molecular weight excluding hydrogens is 448 g/mol. The number of halogens is 1. The smallest absolute Gasteiger partial charge is 0.257 e. The van der Waals surface area contributed by atoms with Gasteiger partial charge in [0.2, 0.25) is 10.0 Å². The maximum absolute atomic E-state index is 13.4. The minimum atomic E-state index is -3.26. The van der Waals surface area contributed by atoms with E-state index in [1.54, 1.807) is 15.8 Å². The normalized spacial score (nSPS) is 15.1. The van der Waals surface area contributed by atoms with Crippen LogP contribution in [0.4, 0.5) is 0 Å². The lowest BCUT2D eigenvalue weighted by Gasteiger charge is -2.32. The Hall–Kier alpha value is -2.68. The second-order valence-corrected chi connectivity index (χ2v) is 10.2. The third-order valence-electron chi connectivity index (χ3n) is 5.49. The van der Waals surface area contributed by atoms with Crippen LogP contribution in [0.1, 0.15) is 28.8 Å². The van der Waals surface area contributed by atoms with Crippen molar-refractivity contribution in [2.24, 2.45) is 0 Å². The van der Waals surface area contributed by atoms with E-state index in [-0.39, 0.29) is 11.9 Å². The van der Waals surface area contributed by atoms with Gasteiger partial charge in [0.05, 0.1) is 18.4 Å². The van der Waals surface area contributed by atoms with Crippen molar-refractivity contribution in [2.75, 3.05) is 19.3 Å². The van der Waals surface area contributed by atoms with Crippen molar-refractivity contribution in [2.45, 2.75) is 25.4 Å². The highest BCUT2D eigenvalue weighted by Gasteiger charge is 2.28. The van der Waals surface area contributed by atoms with E-state index in [1.165, 1.54) is 0 Å². The number of hydrogen-bond donors (Lipinski definition) is 1. The first-order valence-electron chi connectivity index (χ1n) is 10.4. The van der Waals surface area contributed by atoms with E-state index in [1.807, 2.05) is 54.6 Å². The van der Waals surface area contributed by atoms with Gasteiger partial charge < -0.3 is 4.90 Å². The molecule has 2 aromatic carbocycles. The summed E-state index contributed by atoms with van der Waals surface area (Å²) in [6, 6.07) is 17.0. The number of piperidine rings is 1. The van der Waals surface area contributed by atoms with E-state index in [0.717, 1.165) is 17.4 Å². The predicted molar refractivity (Wildman–Crippen MR) is 125 cm³/mol. The van der Waals surface area contributed by atoms with Crippen LogP contribution in [0.5, 0.6) is 0 Å². The Labute approximate surface area is 193 Å². The lowest BCUT2D eigenvalue weighted by molar-refractivity contribution is 0.0712. The molecule has 168 valence electrons. The summed E-state index contributed by atoms with van der Waals surface area (Å²) < 4.78 is 27.4. The van der Waals surface area contributed by atoms with Crippen molar-refractivity contribution >= 4 is 27.5 Å². The van der Waals surface area contributed by atoms with Crippen molar-refractivity contribution < 1.29 is 13.2 Å². The number of nitrogens with one attached hydrogen (secondary N) is 1. The summed E-state index contributed by atoms with van der Waals surface area (Å²) in [7, 11) is -3.26. The van der Waals surface area contributed by atoms with Crippen LogP contribution in [0.3, 0.4) is 0 Å². The van der Waals surface area contributed by atoms with Crippen molar-refractivity contribution in [3.05, 3.63) is 76.9 Å². The zero-order valence-corrected chi connectivity index (χ0v) is 19.3. The van der Waals surface area contributed by atoms with Crippen LogP contribution in [0.15, 0.2) is 60.8 Å². The van der Waals surface area contributed by atoms with E-state index in [9.17, 15) is 13.2 Å². The highest BCUT2D eigenvalue weighted by Crippen LogP contribution is 2.26. The zero-order chi connectivity index (χ0) is 22.7. The molecule has 0 radical (unpaired) electrons. The third-order valence-corrected chi connectivity index (χ3v) is 6.62. The molecule has 0 saturated carbocycles. The fourth-order valence-corrected chi connectivity index (χ4v) is 4.98. The van der Waals surface area contributed by atoms with Crippen LogP contribution in [0, 0.1) is 0 Å². The van der Waals surface area contributed by atoms with Crippen molar-refractivity contribution in [1.82, 2.24) is 19.4 Å². The molecule has 0 aliphatic carbocycles. The summed E-state index contributed by atoms with van der Waals surface area (Å²) in [6.45, 7) is 1.42. The SMILES string of the molecule is CS(=O)(=O)NC1CCN(C(=O)c2cn(Cc3ccccc3Cl)nc2-c2ccccc2)CC1. The minimum Gasteiger partial charge on any atom is -0.338 e. The maximum Gasteiger partial charge on any atom is 0.257 e. The van der Waals surface area contributed by atoms with Crippen LogP contribution < -0.4 is 4.72 Å². The van der Waals surface area contributed by atoms with Crippen LogP contribution in [0.25, 0.3) is 11.3 Å². The molecule has 1 fully saturated rings.